The minimum absolute atomic E-state index is 0. The van der Waals surface area contributed by atoms with Crippen LogP contribution in [-0.2, 0) is 13.6 Å². The van der Waals surface area contributed by atoms with E-state index in [2.05, 4.69) is 0 Å². The summed E-state index contributed by atoms with van der Waals surface area (Å²) in [5.74, 6) is 1.60. The summed E-state index contributed by atoms with van der Waals surface area (Å²) in [6.45, 7) is 1.77. The molecule has 8 nitrogen and oxygen atoms in total. The molecule has 0 saturated carbocycles. The summed E-state index contributed by atoms with van der Waals surface area (Å²) in [5.41, 5.74) is 1.31. The number of carbonyl (C=O) groups excluding carboxylic acids is 2. The molecule has 46 heavy (non-hydrogen) atoms. The molecule has 2 rings (SSSR count). The first kappa shape index (κ1) is 43.1. The molecule has 0 atom stereocenters. The number of unbranched alkanes of at least 4 members (excludes halogenated alkanes) is 16. The van der Waals surface area contributed by atoms with Gasteiger partial charge in [-0.1, -0.05) is 89.9 Å². The van der Waals surface area contributed by atoms with Crippen LogP contribution >= 0.6 is 7.82 Å². The summed E-state index contributed by atoms with van der Waals surface area (Å²) in [4.78, 5) is 33.3. The fourth-order valence-corrected chi connectivity index (χ4v) is 5.72. The Kier molecular flexibility index (Phi) is 27.3. The molecule has 0 aromatic heterocycles. The number of phosphoric acid groups is 1. The van der Waals surface area contributed by atoms with E-state index in [1.54, 1.807) is 24.3 Å². The Hall–Kier alpha value is -0.874. The fraction of sp³-hybridized carbons (Fsp3) is 0.611. The maximum Gasteiger partial charge on any atom is 1.00 e. The number of phosphoric ester groups is 1. The molecule has 2 aromatic rings. The van der Waals surface area contributed by atoms with Crippen molar-refractivity contribution in [2.75, 3.05) is 26.4 Å². The van der Waals surface area contributed by atoms with Crippen LogP contribution in [-0.4, -0.2) is 39.0 Å². The van der Waals surface area contributed by atoms with Gasteiger partial charge >= 0.3 is 51.4 Å². The average molecular weight is 685 g/mol. The van der Waals surface area contributed by atoms with Crippen LogP contribution in [0.3, 0.4) is 0 Å². The molecule has 0 spiro atoms. The zero-order valence-electron chi connectivity index (χ0n) is 28.0. The van der Waals surface area contributed by atoms with Gasteiger partial charge in [0.05, 0.1) is 26.4 Å². The monoisotopic (exact) mass is 684 g/mol. The molecule has 0 aliphatic rings. The third-order valence-corrected chi connectivity index (χ3v) is 8.64. The third kappa shape index (κ3) is 23.5. The van der Waals surface area contributed by atoms with Gasteiger partial charge in [0.15, 0.2) is 0 Å². The van der Waals surface area contributed by atoms with Crippen molar-refractivity contribution < 1.29 is 89.0 Å². The Bertz CT molecular complexity index is 983. The van der Waals surface area contributed by atoms with E-state index >= 15 is 0 Å². The van der Waals surface area contributed by atoms with E-state index in [0.717, 1.165) is 101 Å². The van der Waals surface area contributed by atoms with Crippen LogP contribution in [0.4, 0.5) is 0 Å². The first-order valence-corrected chi connectivity index (χ1v) is 18.4. The maximum absolute atomic E-state index is 11.9. The number of hydrogen-bond donors (Lipinski definition) is 0. The van der Waals surface area contributed by atoms with Crippen LogP contribution < -0.4 is 65.8 Å². The minimum atomic E-state index is -4.20. The van der Waals surface area contributed by atoms with Crippen LogP contribution in [0, 0.1) is 0 Å². The fourth-order valence-electron chi connectivity index (χ4n) is 4.94. The molecule has 0 unspecified atom stereocenters. The van der Waals surface area contributed by atoms with Crippen LogP contribution in [0.25, 0.3) is 0 Å². The Morgan fingerprint density at radius 3 is 1.00 bits per heavy atom. The molecule has 0 N–H and O–H groups in total. The van der Waals surface area contributed by atoms with E-state index in [4.69, 9.17) is 18.5 Å². The second-order valence-electron chi connectivity index (χ2n) is 11.5. The summed E-state index contributed by atoms with van der Waals surface area (Å²) >= 11 is 0. The molecular weight excluding hydrogens is 630 g/mol. The first-order valence-electron chi connectivity index (χ1n) is 17.0. The van der Waals surface area contributed by atoms with E-state index in [1.807, 2.05) is 24.3 Å². The molecule has 0 aliphatic carbocycles. The average Bonchev–Trinajstić information content (AvgIpc) is 3.06. The van der Waals surface area contributed by atoms with Gasteiger partial charge < -0.3 is 23.4 Å². The number of aldehydes is 2. The topological polar surface area (TPSA) is 111 Å². The SMILES string of the molecule is O=Cc1ccc(OCCCCCCCCCCCOP(=O)([O-])OCCCCCCCCCCCOc2ccc(C=O)cc2)cc1.[K+]. The van der Waals surface area contributed by atoms with E-state index in [0.29, 0.717) is 24.3 Å². The Morgan fingerprint density at radius 1 is 0.457 bits per heavy atom. The Balaban J connectivity index is 0.0000106. The van der Waals surface area contributed by atoms with Gasteiger partial charge in [-0.15, -0.1) is 0 Å². The third-order valence-electron chi connectivity index (χ3n) is 7.65. The smallest absolute Gasteiger partial charge is 0.756 e. The van der Waals surface area contributed by atoms with Gasteiger partial charge in [-0.25, -0.2) is 0 Å². The molecule has 0 fully saturated rings. The molecule has 0 saturated heterocycles. The minimum Gasteiger partial charge on any atom is -0.756 e. The van der Waals surface area contributed by atoms with Crippen molar-refractivity contribution in [1.82, 2.24) is 0 Å². The van der Waals surface area contributed by atoms with Crippen LogP contribution in [0.1, 0.15) is 136 Å². The van der Waals surface area contributed by atoms with Crippen molar-refractivity contribution in [3.8, 4) is 11.5 Å². The van der Waals surface area contributed by atoms with Crippen molar-refractivity contribution in [1.29, 1.82) is 0 Å². The molecule has 2 aromatic carbocycles. The molecular formula is C36H54KO8P. The van der Waals surface area contributed by atoms with Crippen LogP contribution in [0.5, 0.6) is 11.5 Å². The quantitative estimate of drug-likeness (QED) is 0.0408. The van der Waals surface area contributed by atoms with Crippen LogP contribution in [0.2, 0.25) is 0 Å². The zero-order valence-corrected chi connectivity index (χ0v) is 32.1. The molecule has 0 radical (unpaired) electrons. The van der Waals surface area contributed by atoms with Crippen LogP contribution in [0.15, 0.2) is 48.5 Å². The first-order chi connectivity index (χ1) is 22.0. The van der Waals surface area contributed by atoms with E-state index in [1.165, 1.54) is 38.5 Å². The summed E-state index contributed by atoms with van der Waals surface area (Å²) in [6, 6.07) is 14.3. The number of benzene rings is 2. The van der Waals surface area contributed by atoms with Crippen molar-refractivity contribution in [3.05, 3.63) is 59.7 Å². The molecule has 0 heterocycles. The van der Waals surface area contributed by atoms with E-state index in [9.17, 15) is 19.0 Å². The Labute approximate surface area is 319 Å². The van der Waals surface area contributed by atoms with Crippen molar-refractivity contribution in [2.24, 2.45) is 0 Å². The van der Waals surface area contributed by atoms with Crippen molar-refractivity contribution >= 4 is 20.4 Å². The summed E-state index contributed by atoms with van der Waals surface area (Å²) in [7, 11) is -4.20. The van der Waals surface area contributed by atoms with Gasteiger partial charge in [-0.05, 0) is 74.2 Å². The van der Waals surface area contributed by atoms with Gasteiger partial charge in [-0.3, -0.25) is 14.2 Å². The molecule has 252 valence electrons. The second kappa shape index (κ2) is 29.1. The normalized spacial score (nSPS) is 11.2. The number of hydrogen-bond acceptors (Lipinski definition) is 8. The molecule has 0 amide bonds. The number of carbonyl (C=O) groups is 2. The van der Waals surface area contributed by atoms with E-state index in [-0.39, 0.29) is 64.6 Å². The predicted molar refractivity (Wildman–Crippen MR) is 177 cm³/mol. The molecule has 10 heteroatoms. The zero-order chi connectivity index (χ0) is 32.3. The predicted octanol–water partition coefficient (Wildman–Crippen LogP) is 6.30. The van der Waals surface area contributed by atoms with Crippen molar-refractivity contribution in [2.45, 2.75) is 116 Å². The Morgan fingerprint density at radius 2 is 0.717 bits per heavy atom. The van der Waals surface area contributed by atoms with Gasteiger partial charge in [0.2, 0.25) is 0 Å². The van der Waals surface area contributed by atoms with Gasteiger partial charge in [-0.2, -0.15) is 0 Å². The second-order valence-corrected chi connectivity index (χ2v) is 13.0. The number of ether oxygens (including phenoxy) is 2. The molecule has 0 bridgehead atoms. The van der Waals surface area contributed by atoms with Crippen molar-refractivity contribution in [3.63, 3.8) is 0 Å². The standard InChI is InChI=1S/C36H55O8P.K/c37-31-33-19-23-35(24-20-33)41-27-15-11-7-3-1-5-9-13-17-29-43-45(39,40)44-30-18-14-10-6-2-4-8-12-16-28-42-36-25-21-34(32-38)22-26-36;/h19-26,31-32H,1-18,27-30H2,(H,39,40);/q;+1/p-1. The summed E-state index contributed by atoms with van der Waals surface area (Å²) in [6.07, 6.45) is 21.0. The van der Waals surface area contributed by atoms with Gasteiger partial charge in [0.1, 0.15) is 24.1 Å². The number of rotatable bonds is 30. The summed E-state index contributed by atoms with van der Waals surface area (Å²) < 4.78 is 33.4. The van der Waals surface area contributed by atoms with E-state index < -0.39 is 7.82 Å². The largest absolute Gasteiger partial charge is 1.00 e. The van der Waals surface area contributed by atoms with Gasteiger partial charge in [0.25, 0.3) is 7.82 Å². The van der Waals surface area contributed by atoms with Gasteiger partial charge in [0, 0.05) is 11.1 Å². The maximum atomic E-state index is 11.9. The molecule has 0 aliphatic heterocycles. The summed E-state index contributed by atoms with van der Waals surface area (Å²) in [5, 5.41) is 0.